The highest BCUT2D eigenvalue weighted by Crippen LogP contribution is 2.36. The van der Waals surface area contributed by atoms with Gasteiger partial charge < -0.3 is 9.64 Å². The van der Waals surface area contributed by atoms with Gasteiger partial charge in [0.2, 0.25) is 0 Å². The molecule has 2 aromatic rings. The zero-order valence-corrected chi connectivity index (χ0v) is 14.2. The van der Waals surface area contributed by atoms with Gasteiger partial charge in [-0.1, -0.05) is 18.2 Å². The Morgan fingerprint density at radius 2 is 2.14 bits per heavy atom. The summed E-state index contributed by atoms with van der Waals surface area (Å²) in [5, 5.41) is 4.12. The van der Waals surface area contributed by atoms with Crippen LogP contribution in [0.5, 0.6) is 5.75 Å². The molecule has 1 fully saturated rings. The molecule has 0 aliphatic carbocycles. The maximum atomic E-state index is 12.0. The summed E-state index contributed by atoms with van der Waals surface area (Å²) in [6.45, 7) is 1.75. The number of nitrogens with zero attached hydrogens (tertiary/aromatic N) is 3. The molecule has 1 atom stereocenters. The van der Waals surface area contributed by atoms with Crippen molar-refractivity contribution in [2.45, 2.75) is 12.3 Å². The van der Waals surface area contributed by atoms with E-state index < -0.39 is 0 Å². The van der Waals surface area contributed by atoms with Gasteiger partial charge in [0.05, 0.1) is 19.0 Å². The fourth-order valence-corrected chi connectivity index (χ4v) is 3.57. The van der Waals surface area contributed by atoms with Crippen LogP contribution in [0.15, 0.2) is 39.7 Å². The predicted octanol–water partition coefficient (Wildman–Crippen LogP) is 2.55. The molecule has 22 heavy (non-hydrogen) atoms. The van der Waals surface area contributed by atoms with Crippen LogP contribution in [0.3, 0.4) is 0 Å². The minimum Gasteiger partial charge on any atom is -0.496 e. The second-order valence-electron chi connectivity index (χ2n) is 5.45. The first-order valence-electron chi connectivity index (χ1n) is 7.21. The summed E-state index contributed by atoms with van der Waals surface area (Å²) in [5.74, 6) is 1.32. The third-order valence-corrected chi connectivity index (χ3v) is 4.91. The van der Waals surface area contributed by atoms with E-state index in [0.29, 0.717) is 10.4 Å². The van der Waals surface area contributed by atoms with Crippen LogP contribution in [0.4, 0.5) is 5.69 Å². The predicted molar refractivity (Wildman–Crippen MR) is 89.7 cm³/mol. The second-order valence-corrected chi connectivity index (χ2v) is 6.24. The van der Waals surface area contributed by atoms with E-state index in [0.717, 1.165) is 30.9 Å². The molecule has 2 heterocycles. The molecule has 1 aromatic carbocycles. The van der Waals surface area contributed by atoms with E-state index in [2.05, 4.69) is 32.0 Å². The highest BCUT2D eigenvalue weighted by Gasteiger charge is 2.28. The zero-order chi connectivity index (χ0) is 15.7. The highest BCUT2D eigenvalue weighted by molar-refractivity contribution is 9.10. The summed E-state index contributed by atoms with van der Waals surface area (Å²) >= 11 is 3.41. The molecule has 6 heteroatoms. The van der Waals surface area contributed by atoms with Crippen LogP contribution in [0.1, 0.15) is 17.9 Å². The summed E-state index contributed by atoms with van der Waals surface area (Å²) in [7, 11) is 3.35. The Balaban J connectivity index is 1.87. The zero-order valence-electron chi connectivity index (χ0n) is 12.6. The number of hydrogen-bond donors (Lipinski definition) is 0. The molecule has 116 valence electrons. The van der Waals surface area contributed by atoms with Gasteiger partial charge in [-0.15, -0.1) is 0 Å². The quantitative estimate of drug-likeness (QED) is 0.840. The van der Waals surface area contributed by atoms with Gasteiger partial charge in [-0.05, 0) is 34.0 Å². The lowest BCUT2D eigenvalue weighted by atomic mass is 9.97. The van der Waals surface area contributed by atoms with Crippen molar-refractivity contribution in [1.29, 1.82) is 0 Å². The Bertz CT molecular complexity index is 744. The van der Waals surface area contributed by atoms with Gasteiger partial charge in [-0.3, -0.25) is 4.79 Å². The topological polar surface area (TPSA) is 47.4 Å². The second kappa shape index (κ2) is 6.12. The Hall–Kier alpha value is -1.82. The summed E-state index contributed by atoms with van der Waals surface area (Å²) in [6.07, 6.45) is 2.78. The summed E-state index contributed by atoms with van der Waals surface area (Å²) in [6, 6.07) is 8.13. The van der Waals surface area contributed by atoms with Crippen molar-refractivity contribution in [3.8, 4) is 5.75 Å². The average molecular weight is 364 g/mol. The molecular weight excluding hydrogens is 346 g/mol. The molecule has 1 saturated heterocycles. The third-order valence-electron chi connectivity index (χ3n) is 4.17. The van der Waals surface area contributed by atoms with Crippen molar-refractivity contribution >= 4 is 21.6 Å². The van der Waals surface area contributed by atoms with Gasteiger partial charge in [0.15, 0.2) is 0 Å². The largest absolute Gasteiger partial charge is 0.496 e. The Morgan fingerprint density at radius 3 is 2.91 bits per heavy atom. The molecule has 1 aliphatic heterocycles. The lowest BCUT2D eigenvalue weighted by Gasteiger charge is -2.20. The van der Waals surface area contributed by atoms with Crippen molar-refractivity contribution in [3.63, 3.8) is 0 Å². The number of ether oxygens (including phenoxy) is 1. The van der Waals surface area contributed by atoms with Crippen LogP contribution < -0.4 is 15.2 Å². The molecule has 3 rings (SSSR count). The SMILES string of the molecule is COc1ccccc1C1CCN(c2cnn(C)c(=O)c2Br)C1. The number of methoxy groups -OCH3 is 1. The van der Waals surface area contributed by atoms with Crippen LogP contribution >= 0.6 is 15.9 Å². The number of halogens is 1. The van der Waals surface area contributed by atoms with Gasteiger partial charge in [-0.2, -0.15) is 5.10 Å². The lowest BCUT2D eigenvalue weighted by molar-refractivity contribution is 0.406. The van der Waals surface area contributed by atoms with Gasteiger partial charge in [-0.25, -0.2) is 4.68 Å². The van der Waals surface area contributed by atoms with E-state index in [1.807, 2.05) is 18.2 Å². The van der Waals surface area contributed by atoms with Crippen molar-refractivity contribution in [1.82, 2.24) is 9.78 Å². The first-order chi connectivity index (χ1) is 10.6. The molecule has 0 radical (unpaired) electrons. The first-order valence-corrected chi connectivity index (χ1v) is 8.00. The number of benzene rings is 1. The maximum absolute atomic E-state index is 12.0. The highest BCUT2D eigenvalue weighted by atomic mass is 79.9. The molecule has 1 unspecified atom stereocenters. The monoisotopic (exact) mass is 363 g/mol. The summed E-state index contributed by atoms with van der Waals surface area (Å²) < 4.78 is 7.37. The molecular formula is C16H18BrN3O2. The van der Waals surface area contributed by atoms with Crippen LogP contribution in [-0.4, -0.2) is 30.0 Å². The Labute approximate surface area is 137 Å². The Morgan fingerprint density at radius 1 is 1.36 bits per heavy atom. The molecule has 0 N–H and O–H groups in total. The molecule has 0 saturated carbocycles. The smallest absolute Gasteiger partial charge is 0.282 e. The Kier molecular flexibility index (Phi) is 4.20. The minimum atomic E-state index is -0.113. The van der Waals surface area contributed by atoms with Crippen LogP contribution in [-0.2, 0) is 7.05 Å². The van der Waals surface area contributed by atoms with Crippen molar-refractivity contribution in [2.24, 2.45) is 7.05 Å². The summed E-state index contributed by atoms with van der Waals surface area (Å²) in [4.78, 5) is 14.2. The van der Waals surface area contributed by atoms with Gasteiger partial charge in [0.1, 0.15) is 10.2 Å². The van der Waals surface area contributed by atoms with E-state index in [4.69, 9.17) is 4.74 Å². The number of aryl methyl sites for hydroxylation is 1. The van der Waals surface area contributed by atoms with E-state index in [1.54, 1.807) is 20.4 Å². The maximum Gasteiger partial charge on any atom is 0.282 e. The molecule has 0 amide bonds. The standard InChI is InChI=1S/C16H18BrN3O2/c1-19-16(21)15(17)13(9-18-19)20-8-7-11(10-20)12-5-3-4-6-14(12)22-2/h3-6,9,11H,7-8,10H2,1-2H3. The first kappa shape index (κ1) is 15.1. The van der Waals surface area contributed by atoms with Gasteiger partial charge in [0.25, 0.3) is 5.56 Å². The molecule has 0 spiro atoms. The van der Waals surface area contributed by atoms with Gasteiger partial charge in [0, 0.05) is 26.1 Å². The average Bonchev–Trinajstić information content (AvgIpc) is 3.02. The van der Waals surface area contributed by atoms with Crippen LogP contribution in [0, 0.1) is 0 Å². The molecule has 1 aromatic heterocycles. The number of para-hydroxylation sites is 1. The van der Waals surface area contributed by atoms with Gasteiger partial charge >= 0.3 is 0 Å². The number of aromatic nitrogens is 2. The lowest BCUT2D eigenvalue weighted by Crippen LogP contribution is -2.26. The number of hydrogen-bond acceptors (Lipinski definition) is 4. The van der Waals surface area contributed by atoms with E-state index in [1.165, 1.54) is 10.2 Å². The fraction of sp³-hybridized carbons (Fsp3) is 0.375. The minimum absolute atomic E-state index is 0.113. The van der Waals surface area contributed by atoms with Crippen molar-refractivity contribution in [3.05, 3.63) is 50.9 Å². The van der Waals surface area contributed by atoms with Crippen molar-refractivity contribution < 1.29 is 4.74 Å². The van der Waals surface area contributed by atoms with Crippen LogP contribution in [0.25, 0.3) is 0 Å². The molecule has 1 aliphatic rings. The molecule has 5 nitrogen and oxygen atoms in total. The molecule has 0 bridgehead atoms. The van der Waals surface area contributed by atoms with Crippen molar-refractivity contribution in [2.75, 3.05) is 25.1 Å². The van der Waals surface area contributed by atoms with E-state index in [-0.39, 0.29) is 5.56 Å². The van der Waals surface area contributed by atoms with Crippen LogP contribution in [0.2, 0.25) is 0 Å². The van der Waals surface area contributed by atoms with E-state index in [9.17, 15) is 4.79 Å². The summed E-state index contributed by atoms with van der Waals surface area (Å²) in [5.41, 5.74) is 1.97. The normalized spacial score (nSPS) is 17.8. The van der Waals surface area contributed by atoms with E-state index >= 15 is 0 Å². The number of anilines is 1. The third kappa shape index (κ3) is 2.63. The fourth-order valence-electron chi connectivity index (χ4n) is 2.96. The number of rotatable bonds is 3.